The molecule has 1 saturated heterocycles. The van der Waals surface area contributed by atoms with Crippen LogP contribution in [0.15, 0.2) is 48.5 Å². The van der Waals surface area contributed by atoms with E-state index in [-0.39, 0.29) is 12.0 Å². The van der Waals surface area contributed by atoms with Crippen LogP contribution in [0.25, 0.3) is 0 Å². The number of morpholine rings is 1. The van der Waals surface area contributed by atoms with Gasteiger partial charge in [-0.15, -0.1) is 0 Å². The lowest BCUT2D eigenvalue weighted by Crippen LogP contribution is -2.50. The van der Waals surface area contributed by atoms with Crippen molar-refractivity contribution in [2.45, 2.75) is 32.7 Å². The standard InChI is InChI=1S/C22H26ClNO4/c1-16-6-5-7-18(12-16)14-26-15-19-13-24(10-11-27-19)22(25)17(2)28-21-9-4-3-8-20(21)23/h3-9,12,17,19H,10-11,13-15H2,1-2H3. The summed E-state index contributed by atoms with van der Waals surface area (Å²) in [6, 6.07) is 15.4. The van der Waals surface area contributed by atoms with Gasteiger partial charge in [0.1, 0.15) is 5.75 Å². The van der Waals surface area contributed by atoms with Gasteiger partial charge in [0.2, 0.25) is 0 Å². The third-order valence-corrected chi connectivity index (χ3v) is 4.91. The van der Waals surface area contributed by atoms with Gasteiger partial charge in [-0.2, -0.15) is 0 Å². The van der Waals surface area contributed by atoms with Crippen LogP contribution in [-0.2, 0) is 20.9 Å². The molecule has 6 heteroatoms. The lowest BCUT2D eigenvalue weighted by Gasteiger charge is -2.34. The van der Waals surface area contributed by atoms with Crippen LogP contribution in [0.5, 0.6) is 5.75 Å². The highest BCUT2D eigenvalue weighted by molar-refractivity contribution is 6.32. The van der Waals surface area contributed by atoms with Gasteiger partial charge in [0, 0.05) is 13.1 Å². The first-order chi connectivity index (χ1) is 13.5. The monoisotopic (exact) mass is 403 g/mol. The van der Waals surface area contributed by atoms with Crippen LogP contribution in [-0.4, -0.2) is 49.3 Å². The lowest BCUT2D eigenvalue weighted by molar-refractivity contribution is -0.148. The molecule has 2 aromatic carbocycles. The fourth-order valence-electron chi connectivity index (χ4n) is 3.17. The maximum Gasteiger partial charge on any atom is 0.263 e. The van der Waals surface area contributed by atoms with E-state index in [9.17, 15) is 4.79 Å². The number of halogens is 1. The summed E-state index contributed by atoms with van der Waals surface area (Å²) >= 11 is 6.11. The lowest BCUT2D eigenvalue weighted by atomic mass is 10.1. The predicted molar refractivity (Wildman–Crippen MR) is 109 cm³/mol. The summed E-state index contributed by atoms with van der Waals surface area (Å²) in [4.78, 5) is 14.5. The molecule has 0 N–H and O–H groups in total. The number of hydrogen-bond acceptors (Lipinski definition) is 4. The Bertz CT molecular complexity index is 798. The number of para-hydroxylation sites is 1. The average Bonchev–Trinajstić information content (AvgIpc) is 2.69. The van der Waals surface area contributed by atoms with Crippen molar-refractivity contribution in [2.24, 2.45) is 0 Å². The zero-order valence-electron chi connectivity index (χ0n) is 16.3. The number of rotatable bonds is 7. The van der Waals surface area contributed by atoms with E-state index in [0.29, 0.717) is 43.7 Å². The number of benzene rings is 2. The van der Waals surface area contributed by atoms with Crippen molar-refractivity contribution in [3.05, 3.63) is 64.7 Å². The minimum Gasteiger partial charge on any atom is -0.479 e. The third-order valence-electron chi connectivity index (χ3n) is 4.59. The van der Waals surface area contributed by atoms with E-state index in [1.165, 1.54) is 5.56 Å². The molecule has 1 amide bonds. The third kappa shape index (κ3) is 5.71. The largest absolute Gasteiger partial charge is 0.479 e. The Morgan fingerprint density at radius 3 is 2.89 bits per heavy atom. The molecule has 28 heavy (non-hydrogen) atoms. The molecule has 0 radical (unpaired) electrons. The first kappa shape index (κ1) is 20.6. The quantitative estimate of drug-likeness (QED) is 0.704. The Morgan fingerprint density at radius 2 is 2.11 bits per heavy atom. The molecule has 0 spiro atoms. The molecule has 5 nitrogen and oxygen atoms in total. The smallest absolute Gasteiger partial charge is 0.263 e. The van der Waals surface area contributed by atoms with E-state index < -0.39 is 6.10 Å². The molecular weight excluding hydrogens is 378 g/mol. The summed E-state index contributed by atoms with van der Waals surface area (Å²) in [5.74, 6) is 0.434. The minimum absolute atomic E-state index is 0.0769. The van der Waals surface area contributed by atoms with E-state index in [2.05, 4.69) is 19.1 Å². The van der Waals surface area contributed by atoms with Gasteiger partial charge < -0.3 is 19.1 Å². The molecule has 1 fully saturated rings. The zero-order chi connectivity index (χ0) is 19.9. The number of amides is 1. The van der Waals surface area contributed by atoms with Gasteiger partial charge >= 0.3 is 0 Å². The zero-order valence-corrected chi connectivity index (χ0v) is 17.0. The van der Waals surface area contributed by atoms with Gasteiger partial charge in [-0.1, -0.05) is 53.6 Å². The molecule has 0 saturated carbocycles. The number of carbonyl (C=O) groups is 1. The van der Waals surface area contributed by atoms with Crippen LogP contribution in [0.1, 0.15) is 18.1 Å². The van der Waals surface area contributed by atoms with Crippen LogP contribution in [0.4, 0.5) is 0 Å². The molecule has 0 bridgehead atoms. The van der Waals surface area contributed by atoms with E-state index >= 15 is 0 Å². The maximum absolute atomic E-state index is 12.8. The molecule has 1 aliphatic heterocycles. The second-order valence-corrected chi connectivity index (χ2v) is 7.38. The van der Waals surface area contributed by atoms with Crippen molar-refractivity contribution in [2.75, 3.05) is 26.3 Å². The summed E-state index contributed by atoms with van der Waals surface area (Å²) in [6.07, 6.45) is -0.762. The first-order valence-corrected chi connectivity index (χ1v) is 9.85. The van der Waals surface area contributed by atoms with Crippen molar-refractivity contribution in [3.63, 3.8) is 0 Å². The number of hydrogen-bond donors (Lipinski definition) is 0. The number of ether oxygens (including phenoxy) is 3. The Morgan fingerprint density at radius 1 is 1.29 bits per heavy atom. The number of aryl methyl sites for hydroxylation is 1. The predicted octanol–water partition coefficient (Wildman–Crippen LogP) is 3.86. The second kappa shape index (κ2) is 9.92. The molecule has 2 unspecified atom stereocenters. The number of carbonyl (C=O) groups excluding carboxylic acids is 1. The normalized spacial score (nSPS) is 18.0. The molecule has 2 aromatic rings. The molecule has 150 valence electrons. The van der Waals surface area contributed by atoms with Crippen LogP contribution < -0.4 is 4.74 Å². The van der Waals surface area contributed by atoms with Crippen molar-refractivity contribution in [3.8, 4) is 5.75 Å². The molecule has 1 aliphatic rings. The molecule has 3 rings (SSSR count). The fourth-order valence-corrected chi connectivity index (χ4v) is 3.35. The molecular formula is C22H26ClNO4. The van der Waals surface area contributed by atoms with E-state index in [1.807, 2.05) is 24.3 Å². The van der Waals surface area contributed by atoms with Crippen molar-refractivity contribution in [1.29, 1.82) is 0 Å². The fraction of sp³-hybridized carbons (Fsp3) is 0.409. The van der Waals surface area contributed by atoms with Crippen LogP contribution >= 0.6 is 11.6 Å². The first-order valence-electron chi connectivity index (χ1n) is 9.48. The van der Waals surface area contributed by atoms with Gasteiger partial charge in [-0.05, 0) is 31.5 Å². The average molecular weight is 404 g/mol. The van der Waals surface area contributed by atoms with Gasteiger partial charge in [-0.3, -0.25) is 4.79 Å². The highest BCUT2D eigenvalue weighted by atomic mass is 35.5. The summed E-state index contributed by atoms with van der Waals surface area (Å²) in [5, 5.41) is 0.492. The van der Waals surface area contributed by atoms with Crippen LogP contribution in [0.2, 0.25) is 5.02 Å². The van der Waals surface area contributed by atoms with E-state index in [1.54, 1.807) is 24.0 Å². The molecule has 1 heterocycles. The molecule has 0 aliphatic carbocycles. The van der Waals surface area contributed by atoms with Crippen molar-refractivity contribution >= 4 is 17.5 Å². The van der Waals surface area contributed by atoms with E-state index in [4.69, 9.17) is 25.8 Å². The Labute approximate surface area is 171 Å². The Hall–Kier alpha value is -2.08. The van der Waals surface area contributed by atoms with Gasteiger partial charge in [-0.25, -0.2) is 0 Å². The highest BCUT2D eigenvalue weighted by Crippen LogP contribution is 2.24. The van der Waals surface area contributed by atoms with Crippen molar-refractivity contribution < 1.29 is 19.0 Å². The Kier molecular flexibility index (Phi) is 7.31. The second-order valence-electron chi connectivity index (χ2n) is 6.97. The topological polar surface area (TPSA) is 48.0 Å². The SMILES string of the molecule is Cc1cccc(COCC2CN(C(=O)C(C)Oc3ccccc3Cl)CCO2)c1. The summed E-state index contributed by atoms with van der Waals surface area (Å²) in [6.45, 7) is 6.29. The summed E-state index contributed by atoms with van der Waals surface area (Å²) in [5.41, 5.74) is 2.34. The van der Waals surface area contributed by atoms with Gasteiger partial charge in [0.25, 0.3) is 5.91 Å². The van der Waals surface area contributed by atoms with Gasteiger partial charge in [0.05, 0.1) is 30.9 Å². The Balaban J connectivity index is 1.48. The van der Waals surface area contributed by atoms with Gasteiger partial charge in [0.15, 0.2) is 6.10 Å². The highest BCUT2D eigenvalue weighted by Gasteiger charge is 2.28. The van der Waals surface area contributed by atoms with Crippen LogP contribution in [0.3, 0.4) is 0 Å². The summed E-state index contributed by atoms with van der Waals surface area (Å²) < 4.78 is 17.3. The molecule has 2 atom stereocenters. The maximum atomic E-state index is 12.8. The van der Waals surface area contributed by atoms with Crippen LogP contribution in [0, 0.1) is 6.92 Å². The van der Waals surface area contributed by atoms with Crippen molar-refractivity contribution in [1.82, 2.24) is 4.90 Å². The minimum atomic E-state index is -0.619. The molecule has 0 aromatic heterocycles. The van der Waals surface area contributed by atoms with E-state index in [0.717, 1.165) is 5.56 Å². The summed E-state index contributed by atoms with van der Waals surface area (Å²) in [7, 11) is 0. The number of nitrogens with zero attached hydrogens (tertiary/aromatic N) is 1.